The monoisotopic (exact) mass is 138 g/mol. The highest BCUT2D eigenvalue weighted by Crippen LogP contribution is 2.29. The van der Waals surface area contributed by atoms with Crippen molar-refractivity contribution >= 4 is 0 Å². The maximum absolute atomic E-state index is 2.36. The highest BCUT2D eigenvalue weighted by atomic mass is 14.2. The molecule has 0 saturated heterocycles. The van der Waals surface area contributed by atoms with Crippen molar-refractivity contribution in [3.05, 3.63) is 12.2 Å². The molecule has 0 spiro atoms. The van der Waals surface area contributed by atoms with Crippen molar-refractivity contribution in [3.8, 4) is 0 Å². The normalized spacial score (nSPS) is 25.4. The average molecular weight is 138 g/mol. The highest BCUT2D eigenvalue weighted by molar-refractivity contribution is 4.89. The van der Waals surface area contributed by atoms with Crippen LogP contribution in [0.15, 0.2) is 12.2 Å². The maximum Gasteiger partial charge on any atom is -0.0299 e. The average Bonchev–Trinajstić information content (AvgIpc) is 1.81. The Kier molecular flexibility index (Phi) is 2.53. The number of allylic oxidation sites excluding steroid dienone is 2. The lowest BCUT2D eigenvalue weighted by Crippen LogP contribution is -2.10. The van der Waals surface area contributed by atoms with Crippen molar-refractivity contribution in [2.45, 2.75) is 46.0 Å². The van der Waals surface area contributed by atoms with Crippen LogP contribution in [0.3, 0.4) is 0 Å². The van der Waals surface area contributed by atoms with Gasteiger partial charge in [0.25, 0.3) is 0 Å². The summed E-state index contributed by atoms with van der Waals surface area (Å²) < 4.78 is 0. The van der Waals surface area contributed by atoms with Crippen molar-refractivity contribution in [2.75, 3.05) is 0 Å². The smallest absolute Gasteiger partial charge is 0.0299 e. The summed E-state index contributed by atoms with van der Waals surface area (Å²) in [7, 11) is 0. The van der Waals surface area contributed by atoms with Crippen molar-refractivity contribution in [3.63, 3.8) is 0 Å². The van der Waals surface area contributed by atoms with Gasteiger partial charge < -0.3 is 0 Å². The van der Waals surface area contributed by atoms with Crippen LogP contribution in [-0.2, 0) is 0 Å². The maximum atomic E-state index is 2.36. The van der Waals surface area contributed by atoms with E-state index in [0.717, 1.165) is 0 Å². The molecular weight excluding hydrogens is 120 g/mol. The number of rotatable bonds is 0. The Morgan fingerprint density at radius 3 is 2.70 bits per heavy atom. The zero-order valence-electron chi connectivity index (χ0n) is 7.19. The Hall–Kier alpha value is -0.260. The van der Waals surface area contributed by atoms with Crippen LogP contribution in [0, 0.1) is 5.41 Å². The quantitative estimate of drug-likeness (QED) is 0.449. The van der Waals surface area contributed by atoms with Gasteiger partial charge in [-0.2, -0.15) is 0 Å². The van der Waals surface area contributed by atoms with Crippen LogP contribution in [0.1, 0.15) is 46.0 Å². The van der Waals surface area contributed by atoms with Gasteiger partial charge in [-0.25, -0.2) is 0 Å². The van der Waals surface area contributed by atoms with Gasteiger partial charge in [-0.05, 0) is 31.1 Å². The molecule has 0 nitrogen and oxygen atoms in total. The molecule has 0 fully saturated rings. The van der Waals surface area contributed by atoms with Crippen molar-refractivity contribution in [2.24, 2.45) is 5.41 Å². The van der Waals surface area contributed by atoms with E-state index in [1.165, 1.54) is 32.1 Å². The molecule has 0 N–H and O–H groups in total. The van der Waals surface area contributed by atoms with E-state index in [2.05, 4.69) is 26.0 Å². The number of hydrogen-bond acceptors (Lipinski definition) is 0. The molecule has 0 aromatic carbocycles. The van der Waals surface area contributed by atoms with E-state index in [1.807, 2.05) is 0 Å². The van der Waals surface area contributed by atoms with E-state index < -0.39 is 0 Å². The molecule has 1 rings (SSSR count). The first kappa shape index (κ1) is 7.84. The van der Waals surface area contributed by atoms with E-state index in [-0.39, 0.29) is 0 Å². The molecule has 10 heavy (non-hydrogen) atoms. The van der Waals surface area contributed by atoms with E-state index in [9.17, 15) is 0 Å². The molecule has 0 aromatic heterocycles. The molecule has 0 amide bonds. The predicted molar refractivity (Wildman–Crippen MR) is 46.0 cm³/mol. The largest absolute Gasteiger partial charge is 0.0885 e. The Labute approximate surface area is 64.3 Å². The van der Waals surface area contributed by atoms with Crippen LogP contribution in [0.2, 0.25) is 0 Å². The summed E-state index contributed by atoms with van der Waals surface area (Å²) >= 11 is 0. The van der Waals surface area contributed by atoms with E-state index in [0.29, 0.717) is 5.41 Å². The minimum atomic E-state index is 0.566. The summed E-state index contributed by atoms with van der Waals surface area (Å²) in [5, 5.41) is 0. The second-order valence-corrected chi connectivity index (χ2v) is 4.09. The first-order valence-corrected chi connectivity index (χ1v) is 4.36. The van der Waals surface area contributed by atoms with Gasteiger partial charge in [0.15, 0.2) is 0 Å². The van der Waals surface area contributed by atoms with Gasteiger partial charge in [-0.1, -0.05) is 32.4 Å². The summed E-state index contributed by atoms with van der Waals surface area (Å²) in [5.74, 6) is 0. The van der Waals surface area contributed by atoms with Gasteiger partial charge in [0.1, 0.15) is 0 Å². The summed E-state index contributed by atoms with van der Waals surface area (Å²) in [6, 6.07) is 0. The van der Waals surface area contributed by atoms with Crippen LogP contribution >= 0.6 is 0 Å². The highest BCUT2D eigenvalue weighted by Gasteiger charge is 2.15. The molecule has 0 atom stereocenters. The van der Waals surface area contributed by atoms with Gasteiger partial charge >= 0.3 is 0 Å². The molecule has 0 radical (unpaired) electrons. The van der Waals surface area contributed by atoms with E-state index >= 15 is 0 Å². The minimum absolute atomic E-state index is 0.566. The SMILES string of the molecule is CC1(C)CC=CCCCC1. The fourth-order valence-corrected chi connectivity index (χ4v) is 1.49. The lowest BCUT2D eigenvalue weighted by molar-refractivity contribution is 0.321. The predicted octanol–water partition coefficient (Wildman–Crippen LogP) is 3.53. The Morgan fingerprint density at radius 2 is 1.90 bits per heavy atom. The summed E-state index contributed by atoms with van der Waals surface area (Å²) in [4.78, 5) is 0. The number of hydrogen-bond donors (Lipinski definition) is 0. The minimum Gasteiger partial charge on any atom is -0.0885 e. The third-order valence-electron chi connectivity index (χ3n) is 2.31. The van der Waals surface area contributed by atoms with Crippen LogP contribution in [0.25, 0.3) is 0 Å². The fraction of sp³-hybridized carbons (Fsp3) is 0.800. The Morgan fingerprint density at radius 1 is 1.10 bits per heavy atom. The Balaban J connectivity index is 2.45. The zero-order valence-corrected chi connectivity index (χ0v) is 7.19. The molecule has 0 unspecified atom stereocenters. The molecule has 0 aliphatic heterocycles. The van der Waals surface area contributed by atoms with Gasteiger partial charge in [-0.15, -0.1) is 0 Å². The van der Waals surface area contributed by atoms with Gasteiger partial charge in [0.2, 0.25) is 0 Å². The third kappa shape index (κ3) is 2.55. The van der Waals surface area contributed by atoms with Crippen molar-refractivity contribution < 1.29 is 0 Å². The second kappa shape index (κ2) is 3.23. The summed E-state index contributed by atoms with van der Waals surface area (Å²) in [5.41, 5.74) is 0.566. The molecule has 0 heteroatoms. The molecule has 1 aliphatic carbocycles. The molecule has 58 valence electrons. The van der Waals surface area contributed by atoms with Crippen molar-refractivity contribution in [1.82, 2.24) is 0 Å². The molecular formula is C10H18. The van der Waals surface area contributed by atoms with Crippen LogP contribution in [0.5, 0.6) is 0 Å². The van der Waals surface area contributed by atoms with Crippen LogP contribution in [-0.4, -0.2) is 0 Å². The molecule has 0 saturated carbocycles. The van der Waals surface area contributed by atoms with Gasteiger partial charge in [-0.3, -0.25) is 0 Å². The van der Waals surface area contributed by atoms with E-state index in [1.54, 1.807) is 0 Å². The summed E-state index contributed by atoms with van der Waals surface area (Å²) in [6.07, 6.45) is 11.5. The van der Waals surface area contributed by atoms with Gasteiger partial charge in [0.05, 0.1) is 0 Å². The standard InChI is InChI=1S/C10H18/c1-10(2)8-6-4-3-5-7-9-10/h4,6H,3,5,7-9H2,1-2H3. The fourth-order valence-electron chi connectivity index (χ4n) is 1.49. The zero-order chi connectivity index (χ0) is 7.45. The lowest BCUT2D eigenvalue weighted by Gasteiger charge is -2.23. The first-order valence-electron chi connectivity index (χ1n) is 4.36. The van der Waals surface area contributed by atoms with Crippen LogP contribution < -0.4 is 0 Å². The van der Waals surface area contributed by atoms with E-state index in [4.69, 9.17) is 0 Å². The Bertz CT molecular complexity index is 120. The lowest BCUT2D eigenvalue weighted by atomic mass is 9.82. The first-order chi connectivity index (χ1) is 4.71. The topological polar surface area (TPSA) is 0 Å². The second-order valence-electron chi connectivity index (χ2n) is 4.09. The molecule has 0 heterocycles. The molecule has 0 aromatic rings. The molecule has 0 bridgehead atoms. The van der Waals surface area contributed by atoms with Crippen molar-refractivity contribution in [1.29, 1.82) is 0 Å². The summed E-state index contributed by atoms with van der Waals surface area (Å²) in [6.45, 7) is 4.73. The molecule has 1 aliphatic rings. The van der Waals surface area contributed by atoms with Crippen LogP contribution in [0.4, 0.5) is 0 Å². The third-order valence-corrected chi connectivity index (χ3v) is 2.31. The van der Waals surface area contributed by atoms with Gasteiger partial charge in [0, 0.05) is 0 Å².